The Morgan fingerprint density at radius 2 is 1.81 bits per heavy atom. The number of thiophene rings is 1. The topological polar surface area (TPSA) is 34.1 Å². The van der Waals surface area contributed by atoms with Crippen molar-refractivity contribution in [1.82, 2.24) is 0 Å². The summed E-state index contributed by atoms with van der Waals surface area (Å²) < 4.78 is 11.4. The van der Waals surface area contributed by atoms with Gasteiger partial charge in [0.15, 0.2) is 11.5 Å². The number of hydrogen-bond donors (Lipinski definition) is 0. The molecule has 2 aromatic carbocycles. The van der Waals surface area contributed by atoms with Crippen molar-refractivity contribution in [2.24, 2.45) is 5.10 Å². The van der Waals surface area contributed by atoms with E-state index in [1.807, 2.05) is 40.9 Å². The van der Waals surface area contributed by atoms with Crippen LogP contribution in [0.3, 0.4) is 0 Å². The molecule has 2 heterocycles. The normalized spacial score (nSPS) is 12.9. The van der Waals surface area contributed by atoms with Crippen LogP contribution in [0.1, 0.15) is 16.0 Å². The number of nitrogens with zero attached hydrogens (tertiary/aromatic N) is 2. The van der Waals surface area contributed by atoms with Crippen molar-refractivity contribution in [3.05, 3.63) is 82.6 Å². The summed E-state index contributed by atoms with van der Waals surface area (Å²) in [6.45, 7) is 5.64. The Kier molecular flexibility index (Phi) is 5.21. The highest BCUT2D eigenvalue weighted by atomic mass is 32.1. The lowest BCUT2D eigenvalue weighted by Gasteiger charge is -2.19. The largest absolute Gasteiger partial charge is 0.485 e. The third-order valence-electron chi connectivity index (χ3n) is 4.24. The average Bonchev–Trinajstić information content (AvgIpc) is 3.15. The third-order valence-corrected chi connectivity index (χ3v) is 5.12. The van der Waals surface area contributed by atoms with Crippen LogP contribution in [-0.2, 0) is 6.54 Å². The molecule has 0 saturated heterocycles. The summed E-state index contributed by atoms with van der Waals surface area (Å²) in [5.41, 5.74) is 3.31. The van der Waals surface area contributed by atoms with Crippen LogP contribution >= 0.6 is 11.3 Å². The van der Waals surface area contributed by atoms with Crippen LogP contribution in [0.2, 0.25) is 0 Å². The van der Waals surface area contributed by atoms with Crippen LogP contribution < -0.4 is 14.5 Å². The van der Waals surface area contributed by atoms with Crippen molar-refractivity contribution >= 4 is 29.3 Å². The third kappa shape index (κ3) is 4.04. The Labute approximate surface area is 163 Å². The maximum atomic E-state index is 5.74. The molecule has 0 fully saturated rings. The smallest absolute Gasteiger partial charge is 0.180 e. The summed E-state index contributed by atoms with van der Waals surface area (Å²) in [4.78, 5) is 0.965. The zero-order chi connectivity index (χ0) is 18.5. The van der Waals surface area contributed by atoms with Crippen molar-refractivity contribution in [1.29, 1.82) is 0 Å². The first-order valence-electron chi connectivity index (χ1n) is 8.78. The molecule has 27 heavy (non-hydrogen) atoms. The van der Waals surface area contributed by atoms with E-state index < -0.39 is 0 Å². The van der Waals surface area contributed by atoms with E-state index in [1.165, 1.54) is 5.56 Å². The van der Waals surface area contributed by atoms with Gasteiger partial charge in [0.1, 0.15) is 13.2 Å². The molecule has 0 saturated carbocycles. The lowest BCUT2D eigenvalue weighted by Crippen LogP contribution is -2.17. The highest BCUT2D eigenvalue weighted by Gasteiger charge is 2.17. The van der Waals surface area contributed by atoms with Gasteiger partial charge >= 0.3 is 0 Å². The monoisotopic (exact) mass is 376 g/mol. The van der Waals surface area contributed by atoms with Gasteiger partial charge in [0, 0.05) is 5.38 Å². The molecule has 0 unspecified atom stereocenters. The quantitative estimate of drug-likeness (QED) is 0.438. The minimum atomic E-state index is 0.572. The molecular formula is C22H20N2O2S. The maximum Gasteiger partial charge on any atom is 0.180 e. The fraction of sp³-hybridized carbons (Fsp3) is 0.136. The van der Waals surface area contributed by atoms with Gasteiger partial charge in [0.2, 0.25) is 0 Å². The van der Waals surface area contributed by atoms with Gasteiger partial charge in [-0.15, -0.1) is 11.3 Å². The summed E-state index contributed by atoms with van der Waals surface area (Å²) in [7, 11) is 0. The predicted molar refractivity (Wildman–Crippen MR) is 112 cm³/mol. The summed E-state index contributed by atoms with van der Waals surface area (Å²) in [6, 6.07) is 18.5. The first kappa shape index (κ1) is 17.4. The second-order valence-electron chi connectivity index (χ2n) is 6.07. The Morgan fingerprint density at radius 3 is 2.59 bits per heavy atom. The van der Waals surface area contributed by atoms with Gasteiger partial charge in [-0.2, -0.15) is 5.10 Å². The molecule has 3 aromatic rings. The number of hydrogen-bond acceptors (Lipinski definition) is 5. The Balaban J connectivity index is 1.60. The molecule has 0 atom stereocenters. The molecular weight excluding hydrogens is 356 g/mol. The summed E-state index contributed by atoms with van der Waals surface area (Å²) in [5.74, 6) is 1.59. The van der Waals surface area contributed by atoms with Gasteiger partial charge in [-0.1, -0.05) is 55.1 Å². The van der Waals surface area contributed by atoms with Gasteiger partial charge in [-0.25, -0.2) is 0 Å². The highest BCUT2D eigenvalue weighted by Crippen LogP contribution is 2.38. The number of hydrazone groups is 1. The lowest BCUT2D eigenvalue weighted by molar-refractivity contribution is 0.173. The number of rotatable bonds is 6. The summed E-state index contributed by atoms with van der Waals surface area (Å²) in [5, 5.41) is 8.70. The van der Waals surface area contributed by atoms with Crippen molar-refractivity contribution in [3.8, 4) is 11.5 Å². The lowest BCUT2D eigenvalue weighted by atomic mass is 10.1. The fourth-order valence-electron chi connectivity index (χ4n) is 2.82. The average molecular weight is 376 g/mol. The van der Waals surface area contributed by atoms with Crippen LogP contribution in [0.25, 0.3) is 6.08 Å². The van der Waals surface area contributed by atoms with Gasteiger partial charge in [-0.3, -0.25) is 5.01 Å². The minimum Gasteiger partial charge on any atom is -0.485 e. The van der Waals surface area contributed by atoms with E-state index in [0.717, 1.165) is 27.6 Å². The Hall–Kier alpha value is -3.05. The van der Waals surface area contributed by atoms with Gasteiger partial charge in [-0.05, 0) is 23.3 Å². The van der Waals surface area contributed by atoms with Crippen LogP contribution in [-0.4, -0.2) is 19.4 Å². The summed E-state index contributed by atoms with van der Waals surface area (Å²) in [6.07, 6.45) is 3.70. The maximum absolute atomic E-state index is 5.74. The van der Waals surface area contributed by atoms with Crippen molar-refractivity contribution in [2.75, 3.05) is 18.2 Å². The molecule has 0 spiro atoms. The van der Waals surface area contributed by atoms with E-state index in [0.29, 0.717) is 19.8 Å². The van der Waals surface area contributed by atoms with Crippen LogP contribution in [0.15, 0.2) is 71.7 Å². The fourth-order valence-corrected chi connectivity index (χ4v) is 3.61. The zero-order valence-corrected chi connectivity index (χ0v) is 15.7. The van der Waals surface area contributed by atoms with Crippen molar-refractivity contribution in [2.45, 2.75) is 6.54 Å². The van der Waals surface area contributed by atoms with Gasteiger partial charge < -0.3 is 9.47 Å². The van der Waals surface area contributed by atoms with E-state index in [-0.39, 0.29) is 0 Å². The number of fused-ring (bicyclic) bond motifs is 1. The van der Waals surface area contributed by atoms with E-state index in [2.05, 4.69) is 43.0 Å². The Bertz CT molecular complexity index is 933. The van der Waals surface area contributed by atoms with Gasteiger partial charge in [0.05, 0.1) is 23.3 Å². The first-order valence-corrected chi connectivity index (χ1v) is 9.66. The van der Waals surface area contributed by atoms with E-state index in [9.17, 15) is 0 Å². The molecule has 0 amide bonds. The van der Waals surface area contributed by atoms with Crippen LogP contribution in [0.4, 0.5) is 5.69 Å². The SMILES string of the molecule is C=Cc1ccc(CN(N=Cc2scc3c2OCCO3)c2ccccc2)cc1. The molecule has 1 aliphatic rings. The molecule has 136 valence electrons. The molecule has 1 aliphatic heterocycles. The Morgan fingerprint density at radius 1 is 1.04 bits per heavy atom. The highest BCUT2D eigenvalue weighted by molar-refractivity contribution is 7.12. The van der Waals surface area contributed by atoms with Crippen molar-refractivity contribution < 1.29 is 9.47 Å². The van der Waals surface area contributed by atoms with E-state index in [4.69, 9.17) is 14.6 Å². The van der Waals surface area contributed by atoms with Gasteiger partial charge in [0.25, 0.3) is 0 Å². The van der Waals surface area contributed by atoms with E-state index in [1.54, 1.807) is 11.3 Å². The number of para-hydroxylation sites is 1. The second-order valence-corrected chi connectivity index (χ2v) is 6.98. The second kappa shape index (κ2) is 8.10. The number of anilines is 1. The van der Waals surface area contributed by atoms with Crippen molar-refractivity contribution in [3.63, 3.8) is 0 Å². The van der Waals surface area contributed by atoms with E-state index >= 15 is 0 Å². The molecule has 0 aliphatic carbocycles. The van der Waals surface area contributed by atoms with Crippen LogP contribution in [0.5, 0.6) is 11.5 Å². The predicted octanol–water partition coefficient (Wildman–Crippen LogP) is 5.20. The number of benzene rings is 2. The molecule has 0 radical (unpaired) electrons. The molecule has 0 N–H and O–H groups in total. The summed E-state index contributed by atoms with van der Waals surface area (Å²) >= 11 is 1.58. The standard InChI is InChI=1S/C22H20N2O2S/c1-2-17-8-10-18(11-9-17)15-24(19-6-4-3-5-7-19)23-14-21-22-20(16-27-21)25-12-13-26-22/h2-11,14,16H,1,12-13,15H2. The van der Waals surface area contributed by atoms with Crippen LogP contribution in [0, 0.1) is 0 Å². The molecule has 4 rings (SSSR count). The molecule has 0 bridgehead atoms. The molecule has 4 nitrogen and oxygen atoms in total. The molecule has 5 heteroatoms. The first-order chi connectivity index (χ1) is 13.3. The molecule has 1 aromatic heterocycles. The number of ether oxygens (including phenoxy) is 2. The zero-order valence-electron chi connectivity index (χ0n) is 14.9. The minimum absolute atomic E-state index is 0.572.